The standard InChI is InChI=1S/2C6H6O3.C6H6O2/c2*7-4-2-1-3-5(8)6(4)9;7-5-2-1-3-6(8)4-5/h2*1-3,7-9H;1-4,7-8H. The molecular weight excluding hydrogens is 344 g/mol. The number of aromatic hydroxyl groups is 8. The molecule has 0 aliphatic carbocycles. The molecule has 0 spiro atoms. The molecule has 0 saturated heterocycles. The van der Waals surface area contributed by atoms with E-state index in [1.807, 2.05) is 0 Å². The van der Waals surface area contributed by atoms with Gasteiger partial charge in [0.25, 0.3) is 0 Å². The molecule has 8 nitrogen and oxygen atoms in total. The van der Waals surface area contributed by atoms with Gasteiger partial charge in [-0.1, -0.05) is 18.2 Å². The number of para-hydroxylation sites is 2. The van der Waals surface area contributed by atoms with Crippen LogP contribution < -0.4 is 0 Å². The highest BCUT2D eigenvalue weighted by Crippen LogP contribution is 2.33. The second-order valence-electron chi connectivity index (χ2n) is 4.81. The minimum absolute atomic E-state index is 0.0880. The maximum Gasteiger partial charge on any atom is 0.200 e. The van der Waals surface area contributed by atoms with Crippen molar-refractivity contribution >= 4 is 0 Å². The first-order valence-electron chi connectivity index (χ1n) is 7.10. The van der Waals surface area contributed by atoms with Gasteiger partial charge >= 0.3 is 0 Å². The van der Waals surface area contributed by atoms with Crippen LogP contribution in [0.1, 0.15) is 0 Å². The number of hydrogen-bond donors (Lipinski definition) is 8. The number of hydrogen-bond acceptors (Lipinski definition) is 8. The van der Waals surface area contributed by atoms with Gasteiger partial charge in [0.1, 0.15) is 11.5 Å². The maximum absolute atomic E-state index is 8.71. The lowest BCUT2D eigenvalue weighted by Gasteiger charge is -1.96. The summed E-state index contributed by atoms with van der Waals surface area (Å²) in [5, 5.41) is 69.5. The van der Waals surface area contributed by atoms with Gasteiger partial charge in [0, 0.05) is 6.07 Å². The third-order valence-corrected chi connectivity index (χ3v) is 2.82. The first kappa shape index (κ1) is 20.1. The molecule has 26 heavy (non-hydrogen) atoms. The second kappa shape index (κ2) is 9.38. The van der Waals surface area contributed by atoms with E-state index in [4.69, 9.17) is 40.9 Å². The van der Waals surface area contributed by atoms with Gasteiger partial charge < -0.3 is 40.9 Å². The predicted octanol–water partition coefficient (Wildman–Crippen LogP) is 2.70. The Kier molecular flexibility index (Phi) is 7.25. The molecule has 0 aliphatic rings. The molecule has 0 aliphatic heterocycles. The first-order valence-corrected chi connectivity index (χ1v) is 7.10. The van der Waals surface area contributed by atoms with E-state index in [-0.39, 0.29) is 34.5 Å². The third-order valence-electron chi connectivity index (χ3n) is 2.82. The van der Waals surface area contributed by atoms with Crippen LogP contribution in [0.15, 0.2) is 60.7 Å². The maximum atomic E-state index is 8.71. The first-order chi connectivity index (χ1) is 12.2. The Morgan fingerprint density at radius 2 is 0.654 bits per heavy atom. The van der Waals surface area contributed by atoms with Crippen molar-refractivity contribution in [3.63, 3.8) is 0 Å². The van der Waals surface area contributed by atoms with E-state index in [0.717, 1.165) is 0 Å². The molecule has 0 bridgehead atoms. The Labute approximate surface area is 148 Å². The lowest BCUT2D eigenvalue weighted by molar-refractivity contribution is 0.368. The molecule has 3 rings (SSSR count). The Bertz CT molecular complexity index is 741. The van der Waals surface area contributed by atoms with Crippen molar-refractivity contribution in [1.29, 1.82) is 0 Å². The van der Waals surface area contributed by atoms with Crippen molar-refractivity contribution in [2.75, 3.05) is 0 Å². The summed E-state index contributed by atoms with van der Waals surface area (Å²) in [6, 6.07) is 13.9. The number of rotatable bonds is 0. The fourth-order valence-electron chi connectivity index (χ4n) is 1.53. The molecule has 0 heterocycles. The molecule has 138 valence electrons. The zero-order chi connectivity index (χ0) is 19.7. The summed E-state index contributed by atoms with van der Waals surface area (Å²) < 4.78 is 0. The van der Waals surface area contributed by atoms with Crippen molar-refractivity contribution in [3.05, 3.63) is 60.7 Å². The number of benzene rings is 3. The Morgan fingerprint density at radius 1 is 0.385 bits per heavy atom. The summed E-state index contributed by atoms with van der Waals surface area (Å²) in [4.78, 5) is 0. The highest BCUT2D eigenvalue weighted by atomic mass is 16.3. The average Bonchev–Trinajstić information content (AvgIpc) is 2.58. The highest BCUT2D eigenvalue weighted by Gasteiger charge is 2.01. The van der Waals surface area contributed by atoms with Gasteiger partial charge in [-0.15, -0.1) is 0 Å². The van der Waals surface area contributed by atoms with Crippen molar-refractivity contribution in [3.8, 4) is 46.0 Å². The van der Waals surface area contributed by atoms with Crippen LogP contribution in [0.4, 0.5) is 0 Å². The molecule has 8 N–H and O–H groups in total. The third kappa shape index (κ3) is 6.28. The Balaban J connectivity index is 0.000000195. The van der Waals surface area contributed by atoms with E-state index < -0.39 is 11.5 Å². The molecule has 0 unspecified atom stereocenters. The van der Waals surface area contributed by atoms with E-state index in [0.29, 0.717) is 0 Å². The van der Waals surface area contributed by atoms with Crippen LogP contribution in [-0.2, 0) is 0 Å². The zero-order valence-electron chi connectivity index (χ0n) is 13.4. The molecule has 8 heteroatoms. The second-order valence-corrected chi connectivity index (χ2v) is 4.81. The largest absolute Gasteiger partial charge is 0.508 e. The van der Waals surface area contributed by atoms with Crippen LogP contribution in [0, 0.1) is 0 Å². The number of phenolic OH excluding ortho intramolecular Hbond substituents is 8. The molecule has 3 aromatic rings. The summed E-state index contributed by atoms with van der Waals surface area (Å²) in [6.07, 6.45) is 0. The zero-order valence-corrected chi connectivity index (χ0v) is 13.4. The molecule has 0 radical (unpaired) electrons. The van der Waals surface area contributed by atoms with Gasteiger partial charge in [-0.05, 0) is 36.4 Å². The molecule has 0 aromatic heterocycles. The van der Waals surface area contributed by atoms with Gasteiger partial charge in [-0.3, -0.25) is 0 Å². The smallest absolute Gasteiger partial charge is 0.200 e. The van der Waals surface area contributed by atoms with Crippen LogP contribution in [0.3, 0.4) is 0 Å². The van der Waals surface area contributed by atoms with Crippen LogP contribution in [-0.4, -0.2) is 40.9 Å². The van der Waals surface area contributed by atoms with Crippen molar-refractivity contribution in [2.45, 2.75) is 0 Å². The summed E-state index contributed by atoms with van der Waals surface area (Å²) >= 11 is 0. The Morgan fingerprint density at radius 3 is 0.846 bits per heavy atom. The van der Waals surface area contributed by atoms with Crippen LogP contribution in [0.5, 0.6) is 46.0 Å². The minimum Gasteiger partial charge on any atom is -0.508 e. The van der Waals surface area contributed by atoms with E-state index in [9.17, 15) is 0 Å². The fourth-order valence-corrected chi connectivity index (χ4v) is 1.53. The van der Waals surface area contributed by atoms with Gasteiger partial charge in [0.05, 0.1) is 0 Å². The van der Waals surface area contributed by atoms with E-state index in [1.54, 1.807) is 6.07 Å². The number of phenols is 8. The van der Waals surface area contributed by atoms with Gasteiger partial charge in [0.15, 0.2) is 34.5 Å². The van der Waals surface area contributed by atoms with Crippen molar-refractivity contribution in [2.24, 2.45) is 0 Å². The van der Waals surface area contributed by atoms with Crippen LogP contribution in [0.2, 0.25) is 0 Å². The van der Waals surface area contributed by atoms with Gasteiger partial charge in [0.2, 0.25) is 0 Å². The molecule has 3 aromatic carbocycles. The summed E-state index contributed by atoms with van der Waals surface area (Å²) in [5.41, 5.74) is 0. The van der Waals surface area contributed by atoms with Crippen LogP contribution in [0.25, 0.3) is 0 Å². The highest BCUT2D eigenvalue weighted by molar-refractivity contribution is 5.48. The normalized spacial score (nSPS) is 9.23. The average molecular weight is 362 g/mol. The molecule has 0 amide bonds. The van der Waals surface area contributed by atoms with E-state index in [2.05, 4.69) is 0 Å². The van der Waals surface area contributed by atoms with Gasteiger partial charge in [-0.25, -0.2) is 0 Å². The van der Waals surface area contributed by atoms with Crippen LogP contribution >= 0.6 is 0 Å². The van der Waals surface area contributed by atoms with Crippen molar-refractivity contribution in [1.82, 2.24) is 0 Å². The van der Waals surface area contributed by atoms with E-state index in [1.165, 1.54) is 54.6 Å². The topological polar surface area (TPSA) is 162 Å². The molecule has 0 atom stereocenters. The predicted molar refractivity (Wildman–Crippen MR) is 92.6 cm³/mol. The lowest BCUT2D eigenvalue weighted by atomic mass is 10.3. The quantitative estimate of drug-likeness (QED) is 0.283. The van der Waals surface area contributed by atoms with E-state index >= 15 is 0 Å². The molecule has 0 saturated carbocycles. The van der Waals surface area contributed by atoms with Crippen molar-refractivity contribution < 1.29 is 40.9 Å². The van der Waals surface area contributed by atoms with Gasteiger partial charge in [-0.2, -0.15) is 0 Å². The monoisotopic (exact) mass is 362 g/mol. The fraction of sp³-hybridized carbons (Fsp3) is 0. The SMILES string of the molecule is Oc1cccc(O)c1.Oc1cccc(O)c1O.Oc1cccc(O)c1O. The summed E-state index contributed by atoms with van der Waals surface area (Å²) in [5.74, 6) is -2.01. The minimum atomic E-state index is -0.475. The molecule has 0 fully saturated rings. The summed E-state index contributed by atoms with van der Waals surface area (Å²) in [6.45, 7) is 0. The summed E-state index contributed by atoms with van der Waals surface area (Å²) in [7, 11) is 0. The lowest BCUT2D eigenvalue weighted by Crippen LogP contribution is -1.67. The molecular formula is C18H18O8. The Hall–Kier alpha value is -3.94.